The van der Waals surface area contributed by atoms with Crippen molar-refractivity contribution in [2.75, 3.05) is 13.2 Å². The first-order chi connectivity index (χ1) is 10.8. The molecule has 1 heterocycles. The Balaban J connectivity index is 1.80. The lowest BCUT2D eigenvalue weighted by Gasteiger charge is -2.07. The monoisotopic (exact) mass is 313 g/mol. The number of hydrogen-bond donors (Lipinski definition) is 2. The summed E-state index contributed by atoms with van der Waals surface area (Å²) in [7, 11) is 0. The highest BCUT2D eigenvalue weighted by molar-refractivity contribution is 7.80. The fourth-order valence-corrected chi connectivity index (χ4v) is 2.66. The Morgan fingerprint density at radius 3 is 3.00 bits per heavy atom. The van der Waals surface area contributed by atoms with Gasteiger partial charge in [0.05, 0.1) is 5.56 Å². The van der Waals surface area contributed by atoms with Crippen molar-refractivity contribution in [1.29, 1.82) is 0 Å². The second kappa shape index (κ2) is 6.75. The van der Waals surface area contributed by atoms with Crippen LogP contribution in [-0.2, 0) is 0 Å². The zero-order valence-corrected chi connectivity index (χ0v) is 13.4. The van der Waals surface area contributed by atoms with E-state index in [2.05, 4.69) is 41.0 Å². The number of hydrazone groups is 1. The molecular formula is C17H19N3OS. The molecule has 0 atom stereocenters. The second-order valence-corrected chi connectivity index (χ2v) is 5.64. The summed E-state index contributed by atoms with van der Waals surface area (Å²) in [6, 6.07) is 12.3. The Hall–Kier alpha value is -2.14. The first-order valence-corrected chi connectivity index (χ1v) is 7.95. The van der Waals surface area contributed by atoms with Gasteiger partial charge in [0.15, 0.2) is 5.11 Å². The van der Waals surface area contributed by atoms with Gasteiger partial charge in [-0.3, -0.25) is 5.43 Å². The minimum atomic E-state index is 0.466. The topological polar surface area (TPSA) is 45.7 Å². The molecule has 1 aliphatic rings. The number of thiocarbonyl (C=S) groups is 1. The van der Waals surface area contributed by atoms with E-state index in [9.17, 15) is 0 Å². The van der Waals surface area contributed by atoms with E-state index in [4.69, 9.17) is 17.0 Å². The van der Waals surface area contributed by atoms with Gasteiger partial charge in [0, 0.05) is 6.54 Å². The van der Waals surface area contributed by atoms with Gasteiger partial charge in [-0.2, -0.15) is 5.10 Å². The normalized spacial score (nSPS) is 14.7. The Kier molecular flexibility index (Phi) is 4.53. The molecule has 0 unspecified atom stereocenters. The fraction of sp³-hybridized carbons (Fsp3) is 0.294. The highest BCUT2D eigenvalue weighted by atomic mass is 32.1. The molecule has 5 heteroatoms. The number of rotatable bonds is 4. The number of nitrogens with one attached hydrogen (secondary N) is 2. The van der Waals surface area contributed by atoms with Crippen molar-refractivity contribution in [3.05, 3.63) is 42.0 Å². The maximum Gasteiger partial charge on any atom is 0.186 e. The predicted molar refractivity (Wildman–Crippen MR) is 94.6 cm³/mol. The molecule has 0 aliphatic carbocycles. The van der Waals surface area contributed by atoms with Crippen molar-refractivity contribution in [3.8, 4) is 5.75 Å². The van der Waals surface area contributed by atoms with E-state index in [1.165, 1.54) is 5.39 Å². The molecule has 114 valence electrons. The van der Waals surface area contributed by atoms with Gasteiger partial charge in [-0.15, -0.1) is 0 Å². The average Bonchev–Trinajstić information content (AvgIpc) is 2.97. The van der Waals surface area contributed by atoms with E-state index < -0.39 is 0 Å². The highest BCUT2D eigenvalue weighted by Gasteiger charge is 2.22. The number of unbranched alkanes of at least 4 members (excludes halogenated alkanes) is 1. The van der Waals surface area contributed by atoms with Crippen LogP contribution in [0.5, 0.6) is 5.75 Å². The van der Waals surface area contributed by atoms with Crippen LogP contribution < -0.4 is 15.5 Å². The zero-order chi connectivity index (χ0) is 15.4. The van der Waals surface area contributed by atoms with Crippen LogP contribution >= 0.6 is 12.2 Å². The first kappa shape index (κ1) is 14.8. The Morgan fingerprint density at radius 2 is 2.14 bits per heavy atom. The number of nitrogens with zero attached hydrogens (tertiary/aromatic N) is 1. The molecule has 0 radical (unpaired) electrons. The van der Waals surface area contributed by atoms with E-state index in [1.54, 1.807) is 0 Å². The van der Waals surface area contributed by atoms with Gasteiger partial charge in [0.25, 0.3) is 0 Å². The van der Waals surface area contributed by atoms with Gasteiger partial charge in [-0.05, 0) is 35.5 Å². The summed E-state index contributed by atoms with van der Waals surface area (Å²) in [5.74, 6) is 0.879. The van der Waals surface area contributed by atoms with Gasteiger partial charge >= 0.3 is 0 Å². The van der Waals surface area contributed by atoms with E-state index in [0.29, 0.717) is 11.7 Å². The van der Waals surface area contributed by atoms with Crippen LogP contribution in [0.3, 0.4) is 0 Å². The van der Waals surface area contributed by atoms with Crippen LogP contribution in [0.1, 0.15) is 25.3 Å². The number of hydrogen-bond acceptors (Lipinski definition) is 3. The van der Waals surface area contributed by atoms with Crippen molar-refractivity contribution in [2.24, 2.45) is 5.10 Å². The Labute approximate surface area is 135 Å². The lowest BCUT2D eigenvalue weighted by atomic mass is 10.0. The standard InChI is InChI=1S/C17H19N3OS/c1-2-3-10-18-17(22)20-19-14-11-21-15-9-8-12-6-4-5-7-13(12)16(14)15/h4-9H,2-3,10-11H2,1H3,(H2,18,20,22). The molecule has 4 nitrogen and oxygen atoms in total. The van der Waals surface area contributed by atoms with Crippen molar-refractivity contribution in [2.45, 2.75) is 19.8 Å². The Bertz CT molecular complexity index is 727. The lowest BCUT2D eigenvalue weighted by molar-refractivity contribution is 0.393. The molecule has 2 aromatic rings. The summed E-state index contributed by atoms with van der Waals surface area (Å²) in [5, 5.41) is 10.5. The van der Waals surface area contributed by atoms with Crippen LogP contribution in [0.2, 0.25) is 0 Å². The predicted octanol–water partition coefficient (Wildman–Crippen LogP) is 3.20. The van der Waals surface area contributed by atoms with Crippen LogP contribution in [0.15, 0.2) is 41.5 Å². The zero-order valence-electron chi connectivity index (χ0n) is 12.6. The first-order valence-electron chi connectivity index (χ1n) is 7.55. The van der Waals surface area contributed by atoms with Crippen molar-refractivity contribution < 1.29 is 4.74 Å². The second-order valence-electron chi connectivity index (χ2n) is 5.23. The molecule has 0 aromatic heterocycles. The third kappa shape index (κ3) is 3.04. The minimum Gasteiger partial charge on any atom is -0.486 e. The molecule has 0 fully saturated rings. The third-order valence-corrected chi connectivity index (χ3v) is 3.89. The molecule has 2 N–H and O–H groups in total. The molecule has 0 saturated heterocycles. The summed E-state index contributed by atoms with van der Waals surface area (Å²) in [6.45, 7) is 3.48. The van der Waals surface area contributed by atoms with Crippen LogP contribution in [0, 0.1) is 0 Å². The maximum absolute atomic E-state index is 5.72. The largest absolute Gasteiger partial charge is 0.486 e. The van der Waals surface area contributed by atoms with Crippen LogP contribution in [0.25, 0.3) is 10.8 Å². The summed E-state index contributed by atoms with van der Waals surface area (Å²) in [5.41, 5.74) is 4.86. The van der Waals surface area contributed by atoms with Gasteiger partial charge < -0.3 is 10.1 Å². The third-order valence-electron chi connectivity index (χ3n) is 3.65. The van der Waals surface area contributed by atoms with E-state index in [-0.39, 0.29) is 0 Å². The van der Waals surface area contributed by atoms with Crippen molar-refractivity contribution in [3.63, 3.8) is 0 Å². The van der Waals surface area contributed by atoms with Crippen molar-refractivity contribution >= 4 is 33.8 Å². The summed E-state index contributed by atoms with van der Waals surface area (Å²) < 4.78 is 5.72. The van der Waals surface area contributed by atoms with Gasteiger partial charge in [0.1, 0.15) is 18.1 Å². The van der Waals surface area contributed by atoms with Gasteiger partial charge in [-0.25, -0.2) is 0 Å². The van der Waals surface area contributed by atoms with E-state index in [1.807, 2.05) is 18.2 Å². The average molecular weight is 313 g/mol. The summed E-state index contributed by atoms with van der Waals surface area (Å²) in [4.78, 5) is 0. The summed E-state index contributed by atoms with van der Waals surface area (Å²) >= 11 is 5.23. The molecular weight excluding hydrogens is 294 g/mol. The molecule has 0 amide bonds. The van der Waals surface area contributed by atoms with Gasteiger partial charge in [0.2, 0.25) is 0 Å². The van der Waals surface area contributed by atoms with Crippen LogP contribution in [0.4, 0.5) is 0 Å². The molecule has 2 aromatic carbocycles. The molecule has 0 spiro atoms. The quantitative estimate of drug-likeness (QED) is 0.517. The highest BCUT2D eigenvalue weighted by Crippen LogP contribution is 2.32. The molecule has 22 heavy (non-hydrogen) atoms. The molecule has 3 rings (SSSR count). The molecule has 0 bridgehead atoms. The lowest BCUT2D eigenvalue weighted by Crippen LogP contribution is -2.33. The van der Waals surface area contributed by atoms with Gasteiger partial charge in [-0.1, -0.05) is 43.7 Å². The number of fused-ring (bicyclic) bond motifs is 3. The Morgan fingerprint density at radius 1 is 1.27 bits per heavy atom. The van der Waals surface area contributed by atoms with Crippen LogP contribution in [-0.4, -0.2) is 24.0 Å². The number of ether oxygens (including phenoxy) is 1. The smallest absolute Gasteiger partial charge is 0.186 e. The van der Waals surface area contributed by atoms with E-state index >= 15 is 0 Å². The van der Waals surface area contributed by atoms with Crippen molar-refractivity contribution in [1.82, 2.24) is 10.7 Å². The SMILES string of the molecule is CCCCNC(=S)NN=C1COc2ccc3ccccc3c21. The molecule has 1 aliphatic heterocycles. The minimum absolute atomic E-state index is 0.466. The summed E-state index contributed by atoms with van der Waals surface area (Å²) in [6.07, 6.45) is 2.23. The molecule has 0 saturated carbocycles. The number of benzene rings is 2. The maximum atomic E-state index is 5.72. The van der Waals surface area contributed by atoms with E-state index in [0.717, 1.165) is 41.8 Å². The fourth-order valence-electron chi connectivity index (χ4n) is 2.51.